The second kappa shape index (κ2) is 4.72. The molecule has 1 rings (SSSR count). The van der Waals surface area contributed by atoms with Crippen molar-refractivity contribution in [3.8, 4) is 0 Å². The fourth-order valence-corrected chi connectivity index (χ4v) is 2.42. The number of nitrogens with zero attached hydrogens (tertiary/aromatic N) is 1. The van der Waals surface area contributed by atoms with Gasteiger partial charge in [-0.25, -0.2) is 4.79 Å². The second-order valence-corrected chi connectivity index (χ2v) is 3.80. The number of carbonyl (C=O) groups excluding carboxylic acids is 2. The van der Waals surface area contributed by atoms with Crippen molar-refractivity contribution in [1.29, 1.82) is 0 Å². The van der Waals surface area contributed by atoms with E-state index in [1.54, 1.807) is 0 Å². The number of amides is 1. The van der Waals surface area contributed by atoms with Crippen molar-refractivity contribution in [3.63, 3.8) is 0 Å². The summed E-state index contributed by atoms with van der Waals surface area (Å²) < 4.78 is 4.57. The van der Waals surface area contributed by atoms with Gasteiger partial charge in [-0.15, -0.1) is 23.4 Å². The number of ether oxygens (including phenoxy) is 1. The first kappa shape index (κ1) is 10.7. The Balaban J connectivity index is 2.63. The topological polar surface area (TPSA) is 46.6 Å². The van der Waals surface area contributed by atoms with Crippen LogP contribution in [0.25, 0.3) is 0 Å². The summed E-state index contributed by atoms with van der Waals surface area (Å²) in [4.78, 5) is 23.8. The van der Waals surface area contributed by atoms with E-state index in [2.05, 4.69) is 4.74 Å². The maximum absolute atomic E-state index is 11.2. The molecule has 0 aromatic heterocycles. The normalized spacial score (nSPS) is 21.7. The first-order valence-corrected chi connectivity index (χ1v) is 5.40. The molecule has 4 nitrogen and oxygen atoms in total. The molecular formula is C7H10ClNO3S. The third-order valence-electron chi connectivity index (χ3n) is 1.79. The van der Waals surface area contributed by atoms with Crippen LogP contribution < -0.4 is 0 Å². The molecule has 0 radical (unpaired) electrons. The van der Waals surface area contributed by atoms with Gasteiger partial charge in [0.25, 0.3) is 0 Å². The Hall–Kier alpha value is -0.420. The minimum atomic E-state index is -0.457. The number of hydrogen-bond donors (Lipinski definition) is 0. The van der Waals surface area contributed by atoms with Gasteiger partial charge in [0.15, 0.2) is 0 Å². The molecule has 1 fully saturated rings. The summed E-state index contributed by atoms with van der Waals surface area (Å²) in [6.07, 6.45) is 0. The molecule has 0 aromatic carbocycles. The SMILES string of the molecule is COC(=O)[C@H]1CSCN1C(=O)CCl. The summed E-state index contributed by atoms with van der Waals surface area (Å²) in [7, 11) is 1.31. The highest BCUT2D eigenvalue weighted by molar-refractivity contribution is 7.99. The molecule has 0 spiro atoms. The first-order chi connectivity index (χ1) is 6.20. The maximum Gasteiger partial charge on any atom is 0.329 e. The van der Waals surface area contributed by atoms with Crippen molar-refractivity contribution in [3.05, 3.63) is 0 Å². The van der Waals surface area contributed by atoms with Gasteiger partial charge in [0.2, 0.25) is 5.91 Å². The monoisotopic (exact) mass is 223 g/mol. The molecule has 1 saturated heterocycles. The molecule has 1 aliphatic rings. The molecule has 0 unspecified atom stereocenters. The number of carbonyl (C=O) groups is 2. The van der Waals surface area contributed by atoms with E-state index >= 15 is 0 Å². The van der Waals surface area contributed by atoms with Gasteiger partial charge in [-0.05, 0) is 0 Å². The molecule has 0 aromatic rings. The highest BCUT2D eigenvalue weighted by Gasteiger charge is 2.34. The predicted molar refractivity (Wildman–Crippen MR) is 50.7 cm³/mol. The third-order valence-corrected chi connectivity index (χ3v) is 3.03. The van der Waals surface area contributed by atoms with Gasteiger partial charge in [0, 0.05) is 5.75 Å². The standard InChI is InChI=1S/C7H10ClNO3S/c1-12-7(11)5-3-13-4-9(5)6(10)2-8/h5H,2-4H2,1H3/t5-/m1/s1. The summed E-state index contributed by atoms with van der Waals surface area (Å²) in [5.41, 5.74) is 0. The highest BCUT2D eigenvalue weighted by Crippen LogP contribution is 2.21. The zero-order valence-electron chi connectivity index (χ0n) is 7.16. The van der Waals surface area contributed by atoms with Crippen LogP contribution in [0.3, 0.4) is 0 Å². The van der Waals surface area contributed by atoms with Crippen LogP contribution in [0.4, 0.5) is 0 Å². The lowest BCUT2D eigenvalue weighted by atomic mass is 10.3. The number of esters is 1. The van der Waals surface area contributed by atoms with Crippen molar-refractivity contribution in [2.75, 3.05) is 24.6 Å². The molecule has 1 atom stereocenters. The smallest absolute Gasteiger partial charge is 0.329 e. The molecule has 0 saturated carbocycles. The Labute approximate surface area is 85.5 Å². The largest absolute Gasteiger partial charge is 0.467 e. The summed E-state index contributed by atoms with van der Waals surface area (Å²) >= 11 is 6.92. The molecule has 0 aliphatic carbocycles. The fourth-order valence-electron chi connectivity index (χ4n) is 1.10. The number of rotatable bonds is 2. The fraction of sp³-hybridized carbons (Fsp3) is 0.714. The lowest BCUT2D eigenvalue weighted by molar-refractivity contribution is -0.149. The number of alkyl halides is 1. The lowest BCUT2D eigenvalue weighted by Gasteiger charge is -2.20. The van der Waals surface area contributed by atoms with Crippen LogP contribution in [-0.2, 0) is 14.3 Å². The summed E-state index contributed by atoms with van der Waals surface area (Å²) in [5.74, 6) is 0.430. The Kier molecular flexibility index (Phi) is 3.87. The molecule has 6 heteroatoms. The lowest BCUT2D eigenvalue weighted by Crippen LogP contribution is -2.43. The zero-order valence-corrected chi connectivity index (χ0v) is 8.73. The van der Waals surface area contributed by atoms with Gasteiger partial charge >= 0.3 is 5.97 Å². The summed E-state index contributed by atoms with van der Waals surface area (Å²) in [6, 6.07) is -0.457. The van der Waals surface area contributed by atoms with E-state index < -0.39 is 6.04 Å². The number of hydrogen-bond acceptors (Lipinski definition) is 4. The maximum atomic E-state index is 11.2. The van der Waals surface area contributed by atoms with Crippen LogP contribution in [0.15, 0.2) is 0 Å². The van der Waals surface area contributed by atoms with Gasteiger partial charge in [-0.1, -0.05) is 0 Å². The second-order valence-electron chi connectivity index (χ2n) is 2.54. The highest BCUT2D eigenvalue weighted by atomic mass is 35.5. The molecular weight excluding hydrogens is 214 g/mol. The van der Waals surface area contributed by atoms with Gasteiger partial charge in [-0.3, -0.25) is 4.79 Å². The minimum absolute atomic E-state index is 0.0892. The Morgan fingerprint density at radius 1 is 1.69 bits per heavy atom. The molecule has 1 aliphatic heterocycles. The van der Waals surface area contributed by atoms with E-state index in [-0.39, 0.29) is 17.8 Å². The molecule has 0 bridgehead atoms. The molecule has 74 valence electrons. The average molecular weight is 224 g/mol. The van der Waals surface area contributed by atoms with Crippen LogP contribution >= 0.6 is 23.4 Å². The van der Waals surface area contributed by atoms with Crippen LogP contribution in [-0.4, -0.2) is 47.4 Å². The van der Waals surface area contributed by atoms with Gasteiger partial charge in [-0.2, -0.15) is 0 Å². The van der Waals surface area contributed by atoms with Crippen molar-refractivity contribution in [2.24, 2.45) is 0 Å². The molecule has 1 amide bonds. The van der Waals surface area contributed by atoms with Crippen LogP contribution in [0.5, 0.6) is 0 Å². The van der Waals surface area contributed by atoms with E-state index in [1.807, 2.05) is 0 Å². The quantitative estimate of drug-likeness (QED) is 0.499. The van der Waals surface area contributed by atoms with Crippen LogP contribution in [0, 0.1) is 0 Å². The Bertz CT molecular complexity index is 202. The van der Waals surface area contributed by atoms with Crippen molar-refractivity contribution < 1.29 is 14.3 Å². The van der Waals surface area contributed by atoms with E-state index in [0.29, 0.717) is 11.6 Å². The minimum Gasteiger partial charge on any atom is -0.467 e. The predicted octanol–water partition coefficient (Wildman–Crippen LogP) is 0.300. The van der Waals surface area contributed by atoms with Crippen LogP contribution in [0.2, 0.25) is 0 Å². The zero-order chi connectivity index (χ0) is 9.84. The Morgan fingerprint density at radius 2 is 2.38 bits per heavy atom. The average Bonchev–Trinajstić information content (AvgIpc) is 2.63. The number of thioether (sulfide) groups is 1. The van der Waals surface area contributed by atoms with E-state index in [0.717, 1.165) is 0 Å². The summed E-state index contributed by atoms with van der Waals surface area (Å²) in [6.45, 7) is 0. The van der Waals surface area contributed by atoms with E-state index in [1.165, 1.54) is 23.8 Å². The molecule has 1 heterocycles. The third kappa shape index (κ3) is 2.28. The molecule has 0 N–H and O–H groups in total. The number of halogens is 1. The van der Waals surface area contributed by atoms with E-state index in [4.69, 9.17) is 11.6 Å². The van der Waals surface area contributed by atoms with Gasteiger partial charge in [0.05, 0.1) is 13.0 Å². The molecule has 13 heavy (non-hydrogen) atoms. The van der Waals surface area contributed by atoms with Crippen LogP contribution in [0.1, 0.15) is 0 Å². The Morgan fingerprint density at radius 3 is 2.92 bits per heavy atom. The van der Waals surface area contributed by atoms with Gasteiger partial charge in [0.1, 0.15) is 11.9 Å². The number of methoxy groups -OCH3 is 1. The van der Waals surface area contributed by atoms with Crippen molar-refractivity contribution in [1.82, 2.24) is 4.90 Å². The summed E-state index contributed by atoms with van der Waals surface area (Å²) in [5, 5.41) is 0. The van der Waals surface area contributed by atoms with E-state index in [9.17, 15) is 9.59 Å². The van der Waals surface area contributed by atoms with Gasteiger partial charge < -0.3 is 9.64 Å². The van der Waals surface area contributed by atoms with Crippen molar-refractivity contribution >= 4 is 35.2 Å². The van der Waals surface area contributed by atoms with Crippen molar-refractivity contribution in [2.45, 2.75) is 6.04 Å². The first-order valence-electron chi connectivity index (χ1n) is 3.71.